The second kappa shape index (κ2) is 10.6. The Bertz CT molecular complexity index is 674. The first-order valence-electron chi connectivity index (χ1n) is 7.74. The Morgan fingerprint density at radius 3 is 2.04 bits per heavy atom. The molecule has 0 unspecified atom stereocenters. The van der Waals surface area contributed by atoms with Crippen LogP contribution in [0.15, 0.2) is 24.3 Å². The molecule has 1 aromatic carbocycles. The van der Waals surface area contributed by atoms with Crippen LogP contribution in [0.4, 0.5) is 17.7 Å². The van der Waals surface area contributed by atoms with E-state index in [1.807, 2.05) is 0 Å². The zero-order valence-electron chi connectivity index (χ0n) is 15.8. The number of benzene rings is 1. The first-order chi connectivity index (χ1) is 11.8. The summed E-state index contributed by atoms with van der Waals surface area (Å²) in [7, 11) is 1.14. The van der Waals surface area contributed by atoms with Gasteiger partial charge in [0.1, 0.15) is 17.3 Å². The van der Waals surface area contributed by atoms with E-state index in [-0.39, 0.29) is 57.8 Å². The van der Waals surface area contributed by atoms with Crippen molar-refractivity contribution in [1.29, 1.82) is 0 Å². The van der Waals surface area contributed by atoms with E-state index in [2.05, 4.69) is 10.1 Å². The van der Waals surface area contributed by atoms with Gasteiger partial charge in [-0.3, -0.25) is 0 Å². The molecule has 1 aromatic rings. The molecule has 0 aliphatic rings. The van der Waals surface area contributed by atoms with Gasteiger partial charge in [0, 0.05) is 6.42 Å². The minimum atomic E-state index is -5.61. The number of carbonyl (C=O) groups is 3. The van der Waals surface area contributed by atoms with Gasteiger partial charge in [-0.15, -0.1) is 0 Å². The second-order valence-electron chi connectivity index (χ2n) is 6.56. The summed E-state index contributed by atoms with van der Waals surface area (Å²) >= 11 is 0. The molecule has 1 N–H and O–H groups in total. The van der Waals surface area contributed by atoms with Gasteiger partial charge in [-0.25, -0.2) is 9.59 Å². The molecule has 144 valence electrons. The molecule has 0 saturated heterocycles. The summed E-state index contributed by atoms with van der Waals surface area (Å²) in [5, 5.41) is 2.35. The van der Waals surface area contributed by atoms with E-state index in [1.54, 1.807) is 20.8 Å². The molecular weight excluding hydrogens is 393 g/mol. The van der Waals surface area contributed by atoms with Crippen molar-refractivity contribution in [3.8, 4) is 0 Å². The maximum atomic E-state index is 12.5. The fourth-order valence-electron chi connectivity index (χ4n) is 2.02. The number of nitrogens with one attached hydrogen (secondary N) is 1. The molecule has 0 saturated carbocycles. The maximum absolute atomic E-state index is 12.5. The summed E-state index contributed by atoms with van der Waals surface area (Å²) in [5.41, 5.74) is -2.72. The van der Waals surface area contributed by atoms with E-state index < -0.39 is 41.9 Å². The number of carbonyl (C=O) groups excluding carboxylic acids is 3. The molecule has 1 atom stereocenters. The Balaban J connectivity index is 0.00000676. The summed E-state index contributed by atoms with van der Waals surface area (Å²) < 4.78 is 47.1. The molecule has 0 aliphatic heterocycles. The van der Waals surface area contributed by atoms with E-state index in [1.165, 1.54) is 12.1 Å². The van der Waals surface area contributed by atoms with Crippen LogP contribution in [-0.2, 0) is 20.7 Å². The van der Waals surface area contributed by atoms with E-state index in [4.69, 9.17) is 4.74 Å². The predicted molar refractivity (Wildman–Crippen MR) is 88.7 cm³/mol. The van der Waals surface area contributed by atoms with Gasteiger partial charge in [0.15, 0.2) is 0 Å². The van der Waals surface area contributed by atoms with E-state index >= 15 is 0 Å². The average Bonchev–Trinajstić information content (AvgIpc) is 2.50. The first kappa shape index (κ1) is 26.1. The van der Waals surface area contributed by atoms with Crippen LogP contribution in [0.2, 0.25) is 0 Å². The van der Waals surface area contributed by atoms with Crippen LogP contribution >= 0.6 is 0 Å². The summed E-state index contributed by atoms with van der Waals surface area (Å²) in [6.45, 7) is -0.662. The van der Waals surface area contributed by atoms with Gasteiger partial charge in [0.2, 0.25) is 0 Å². The number of hydrogen-bond donors (Lipinski definition) is 1. The van der Waals surface area contributed by atoms with Gasteiger partial charge >= 0.3 is 70.4 Å². The largest absolute Gasteiger partial charge is 1.00 e. The quantitative estimate of drug-likeness (QED) is 0.519. The molecule has 6 nitrogen and oxygen atoms in total. The van der Waals surface area contributed by atoms with Gasteiger partial charge in [-0.1, -0.05) is 24.3 Å². The third kappa shape index (κ3) is 9.24. The minimum absolute atomic E-state index is 0. The number of alkyl carbamates (subject to hydrolysis) is 1. The van der Waals surface area contributed by atoms with Crippen LogP contribution in [0.5, 0.6) is 0 Å². The van der Waals surface area contributed by atoms with E-state index in [9.17, 15) is 27.3 Å². The molecule has 1 amide bonds. The Kier molecular flexibility index (Phi) is 10.3. The molecule has 0 spiro atoms. The third-order valence-electron chi connectivity index (χ3n) is 3.15. The first-order valence-corrected chi connectivity index (χ1v) is 7.74. The fraction of sp³-hybridized carbons (Fsp3) is 0.438. The van der Waals surface area contributed by atoms with Gasteiger partial charge < -0.3 is 32.5 Å². The van der Waals surface area contributed by atoms with Crippen LogP contribution in [-0.4, -0.2) is 43.5 Å². The summed E-state index contributed by atoms with van der Waals surface area (Å²) in [6, 6.07) is 3.51. The monoisotopic (exact) mass is 413 g/mol. The molecule has 0 heterocycles. The number of ether oxygens (including phenoxy) is 2. The zero-order chi connectivity index (χ0) is 20.1. The normalized spacial score (nSPS) is 12.4. The Morgan fingerprint density at radius 1 is 1.11 bits per heavy atom. The molecule has 0 radical (unpaired) electrons. The Labute approximate surface area is 198 Å². The minimum Gasteiger partial charge on any atom is -0.467 e. The topological polar surface area (TPSA) is 81.7 Å². The Morgan fingerprint density at radius 2 is 1.63 bits per heavy atom. The standard InChI is InChI=1S/C16H20BF3NO5.K/c1-16(2,3)26-15(24)21-12(14(23)25-4)9-10-5-7-11(8-6-10)13(22)17(18,19)20;/h5-8,12H,9H2,1-4H3,(H,21,24);/q-1;+1/t12-;/m0./s1. The van der Waals surface area contributed by atoms with Gasteiger partial charge in [-0.2, -0.15) is 0 Å². The van der Waals surface area contributed by atoms with Crippen LogP contribution in [0.3, 0.4) is 0 Å². The smallest absolute Gasteiger partial charge is 0.467 e. The van der Waals surface area contributed by atoms with Gasteiger partial charge in [-0.05, 0) is 31.9 Å². The summed E-state index contributed by atoms with van der Waals surface area (Å²) in [4.78, 5) is 34.8. The van der Waals surface area contributed by atoms with Crippen molar-refractivity contribution in [2.24, 2.45) is 0 Å². The fourth-order valence-corrected chi connectivity index (χ4v) is 2.02. The number of amides is 1. The zero-order valence-corrected chi connectivity index (χ0v) is 19.0. The predicted octanol–water partition coefficient (Wildman–Crippen LogP) is -0.131. The van der Waals surface area contributed by atoms with Gasteiger partial charge in [0.05, 0.1) is 7.11 Å². The third-order valence-corrected chi connectivity index (χ3v) is 3.15. The molecule has 27 heavy (non-hydrogen) atoms. The maximum Gasteiger partial charge on any atom is 1.00 e. The molecular formula is C16H20BF3KNO5. The summed E-state index contributed by atoms with van der Waals surface area (Å²) in [5.74, 6) is -0.741. The number of rotatable bonds is 6. The molecule has 1 rings (SSSR count). The van der Waals surface area contributed by atoms with Crippen molar-refractivity contribution in [2.45, 2.75) is 38.8 Å². The molecule has 0 bridgehead atoms. The van der Waals surface area contributed by atoms with Crippen molar-refractivity contribution >= 4 is 24.7 Å². The Hall–Kier alpha value is -0.879. The molecule has 11 heteroatoms. The van der Waals surface area contributed by atoms with Gasteiger partial charge in [0.25, 0.3) is 0 Å². The number of halogens is 3. The van der Waals surface area contributed by atoms with Crippen molar-refractivity contribution < 1.29 is 88.2 Å². The van der Waals surface area contributed by atoms with Crippen LogP contribution in [0.25, 0.3) is 0 Å². The van der Waals surface area contributed by atoms with Crippen LogP contribution in [0, 0.1) is 0 Å². The summed E-state index contributed by atoms with van der Waals surface area (Å²) in [6.07, 6.45) is -0.878. The van der Waals surface area contributed by atoms with E-state index in [0.717, 1.165) is 19.2 Å². The van der Waals surface area contributed by atoms with Crippen LogP contribution in [0.1, 0.15) is 36.7 Å². The van der Waals surface area contributed by atoms with Crippen molar-refractivity contribution in [1.82, 2.24) is 5.32 Å². The van der Waals surface area contributed by atoms with E-state index in [0.29, 0.717) is 5.56 Å². The molecule has 0 fully saturated rings. The number of hydrogen-bond acceptors (Lipinski definition) is 5. The number of esters is 1. The van der Waals surface area contributed by atoms with Crippen molar-refractivity contribution in [3.63, 3.8) is 0 Å². The SMILES string of the molecule is COC(=O)[C@H](Cc1ccc(C(=O)[B-](F)(F)F)cc1)NC(=O)OC(C)(C)C.[K+]. The second-order valence-corrected chi connectivity index (χ2v) is 6.56. The average molecular weight is 413 g/mol. The van der Waals surface area contributed by atoms with Crippen molar-refractivity contribution in [2.75, 3.05) is 7.11 Å². The van der Waals surface area contributed by atoms with Crippen molar-refractivity contribution in [3.05, 3.63) is 35.4 Å². The molecule has 0 aromatic heterocycles. The molecule has 0 aliphatic carbocycles. The van der Waals surface area contributed by atoms with Crippen LogP contribution < -0.4 is 56.7 Å². The number of methoxy groups -OCH3 is 1.